The number of nitrogens with zero attached hydrogens (tertiary/aromatic N) is 2. The zero-order chi connectivity index (χ0) is 15.4. The second kappa shape index (κ2) is 6.89. The highest BCUT2D eigenvalue weighted by Crippen LogP contribution is 2.25. The molecule has 114 valence electrons. The monoisotopic (exact) mass is 310 g/mol. The molecule has 0 radical (unpaired) electrons. The lowest BCUT2D eigenvalue weighted by atomic mass is 10.1. The molecular formula is C15H19ClN2O3. The number of pyridine rings is 1. The Bertz CT molecular complexity index is 542. The predicted octanol–water partition coefficient (Wildman–Crippen LogP) is 2.77. The average molecular weight is 311 g/mol. The first-order valence-electron chi connectivity index (χ1n) is 7.20. The van der Waals surface area contributed by atoms with E-state index in [1.807, 2.05) is 6.92 Å². The van der Waals surface area contributed by atoms with Gasteiger partial charge in [0, 0.05) is 17.3 Å². The molecule has 0 saturated heterocycles. The van der Waals surface area contributed by atoms with Gasteiger partial charge in [-0.05, 0) is 31.4 Å². The zero-order valence-electron chi connectivity index (χ0n) is 12.0. The Morgan fingerprint density at radius 2 is 2.05 bits per heavy atom. The smallest absolute Gasteiger partial charge is 0.323 e. The lowest BCUT2D eigenvalue weighted by Gasteiger charge is -2.27. The lowest BCUT2D eigenvalue weighted by molar-refractivity contribution is -0.138. The van der Waals surface area contributed by atoms with Crippen LogP contribution >= 0.6 is 11.6 Å². The topological polar surface area (TPSA) is 70.5 Å². The van der Waals surface area contributed by atoms with E-state index in [4.69, 9.17) is 16.7 Å². The van der Waals surface area contributed by atoms with Gasteiger partial charge in [-0.15, -0.1) is 0 Å². The highest BCUT2D eigenvalue weighted by atomic mass is 35.5. The summed E-state index contributed by atoms with van der Waals surface area (Å²) in [6.45, 7) is 1.66. The predicted molar refractivity (Wildman–Crippen MR) is 79.6 cm³/mol. The van der Waals surface area contributed by atoms with Crippen LogP contribution in [0.15, 0.2) is 12.1 Å². The molecule has 1 aromatic rings. The first-order valence-corrected chi connectivity index (χ1v) is 7.58. The van der Waals surface area contributed by atoms with Crippen LogP contribution in [0.5, 0.6) is 0 Å². The van der Waals surface area contributed by atoms with Crippen LogP contribution in [0.1, 0.15) is 48.7 Å². The molecular weight excluding hydrogens is 292 g/mol. The van der Waals surface area contributed by atoms with Gasteiger partial charge in [0.1, 0.15) is 11.7 Å². The van der Waals surface area contributed by atoms with E-state index in [2.05, 4.69) is 4.98 Å². The number of carbonyl (C=O) groups excluding carboxylic acids is 1. The maximum Gasteiger partial charge on any atom is 0.323 e. The van der Waals surface area contributed by atoms with Gasteiger partial charge < -0.3 is 10.0 Å². The number of aryl methyl sites for hydroxylation is 1. The summed E-state index contributed by atoms with van der Waals surface area (Å²) in [7, 11) is 0. The van der Waals surface area contributed by atoms with Gasteiger partial charge >= 0.3 is 5.97 Å². The van der Waals surface area contributed by atoms with Crippen molar-refractivity contribution in [1.82, 2.24) is 9.88 Å². The summed E-state index contributed by atoms with van der Waals surface area (Å²) in [6, 6.07) is 3.20. The number of carboxylic acid groups (broad SMARTS) is 1. The van der Waals surface area contributed by atoms with Crippen molar-refractivity contribution in [3.8, 4) is 0 Å². The van der Waals surface area contributed by atoms with Crippen LogP contribution in [-0.4, -0.2) is 39.5 Å². The highest BCUT2D eigenvalue weighted by Gasteiger charge is 2.29. The maximum atomic E-state index is 12.7. The van der Waals surface area contributed by atoms with Gasteiger partial charge in [-0.1, -0.05) is 31.4 Å². The molecule has 1 aliphatic carbocycles. The van der Waals surface area contributed by atoms with E-state index < -0.39 is 5.97 Å². The van der Waals surface area contributed by atoms with Crippen LogP contribution in [0.3, 0.4) is 0 Å². The number of hydrogen-bond acceptors (Lipinski definition) is 3. The van der Waals surface area contributed by atoms with Crippen molar-refractivity contribution in [3.05, 3.63) is 28.5 Å². The number of amides is 1. The molecule has 0 spiro atoms. The summed E-state index contributed by atoms with van der Waals surface area (Å²) in [4.78, 5) is 29.3. The Balaban J connectivity index is 2.28. The van der Waals surface area contributed by atoms with E-state index in [0.717, 1.165) is 31.4 Å². The Morgan fingerprint density at radius 3 is 2.62 bits per heavy atom. The largest absolute Gasteiger partial charge is 0.480 e. The molecule has 0 bridgehead atoms. The minimum Gasteiger partial charge on any atom is -0.480 e. The molecule has 1 amide bonds. The van der Waals surface area contributed by atoms with E-state index in [1.165, 1.54) is 11.0 Å². The van der Waals surface area contributed by atoms with E-state index >= 15 is 0 Å². The van der Waals surface area contributed by atoms with Crippen molar-refractivity contribution in [2.45, 2.75) is 45.1 Å². The van der Waals surface area contributed by atoms with E-state index in [0.29, 0.717) is 12.0 Å². The van der Waals surface area contributed by atoms with Gasteiger partial charge in [0.15, 0.2) is 0 Å². The number of halogens is 1. The third-order valence-corrected chi connectivity index (χ3v) is 3.98. The molecule has 2 rings (SSSR count). The molecule has 1 aromatic heterocycles. The average Bonchev–Trinajstić information content (AvgIpc) is 2.97. The number of rotatable bonds is 5. The molecule has 0 aliphatic heterocycles. The first kappa shape index (κ1) is 15.8. The second-order valence-corrected chi connectivity index (χ2v) is 5.68. The Morgan fingerprint density at radius 1 is 1.38 bits per heavy atom. The number of carbonyl (C=O) groups is 2. The lowest BCUT2D eigenvalue weighted by Crippen LogP contribution is -2.42. The SMILES string of the molecule is CCc1cc(C(=O)N(CC(=O)O)C2CCCC2)cc(Cl)n1. The van der Waals surface area contributed by atoms with E-state index in [1.54, 1.807) is 6.07 Å². The van der Waals surface area contributed by atoms with Crippen molar-refractivity contribution in [2.24, 2.45) is 0 Å². The minimum absolute atomic E-state index is 0.00520. The molecule has 1 heterocycles. The van der Waals surface area contributed by atoms with Gasteiger partial charge in [0.05, 0.1) is 0 Å². The van der Waals surface area contributed by atoms with Crippen molar-refractivity contribution < 1.29 is 14.7 Å². The summed E-state index contributed by atoms with van der Waals surface area (Å²) < 4.78 is 0. The van der Waals surface area contributed by atoms with Crippen LogP contribution in [0.4, 0.5) is 0 Å². The van der Waals surface area contributed by atoms with Crippen molar-refractivity contribution in [3.63, 3.8) is 0 Å². The fourth-order valence-corrected chi connectivity index (χ4v) is 2.98. The normalized spacial score (nSPS) is 15.1. The fraction of sp³-hybridized carbons (Fsp3) is 0.533. The fourth-order valence-electron chi connectivity index (χ4n) is 2.75. The molecule has 0 aromatic carbocycles. The zero-order valence-corrected chi connectivity index (χ0v) is 12.8. The third kappa shape index (κ3) is 3.94. The summed E-state index contributed by atoms with van der Waals surface area (Å²) in [5.74, 6) is -1.27. The molecule has 1 saturated carbocycles. The Kier molecular flexibility index (Phi) is 5.17. The molecule has 0 atom stereocenters. The number of aromatic nitrogens is 1. The number of carboxylic acids is 1. The molecule has 21 heavy (non-hydrogen) atoms. The quantitative estimate of drug-likeness (QED) is 0.849. The second-order valence-electron chi connectivity index (χ2n) is 5.29. The number of hydrogen-bond donors (Lipinski definition) is 1. The van der Waals surface area contributed by atoms with Gasteiger partial charge in [0.25, 0.3) is 5.91 Å². The van der Waals surface area contributed by atoms with Crippen molar-refractivity contribution >= 4 is 23.5 Å². The van der Waals surface area contributed by atoms with Crippen molar-refractivity contribution in [2.75, 3.05) is 6.54 Å². The van der Waals surface area contributed by atoms with Crippen LogP contribution in [0, 0.1) is 0 Å². The molecule has 1 N–H and O–H groups in total. The summed E-state index contributed by atoms with van der Waals surface area (Å²) in [5.41, 5.74) is 1.15. The molecule has 5 nitrogen and oxygen atoms in total. The highest BCUT2D eigenvalue weighted by molar-refractivity contribution is 6.29. The summed E-state index contributed by atoms with van der Waals surface area (Å²) in [6.07, 6.45) is 4.46. The van der Waals surface area contributed by atoms with Crippen LogP contribution in [0.2, 0.25) is 5.15 Å². The van der Waals surface area contributed by atoms with Crippen LogP contribution < -0.4 is 0 Å². The maximum absolute atomic E-state index is 12.7. The Labute approximate surface area is 128 Å². The minimum atomic E-state index is -0.994. The van der Waals surface area contributed by atoms with Crippen LogP contribution in [0.25, 0.3) is 0 Å². The standard InChI is InChI=1S/C15H19ClN2O3/c1-2-11-7-10(8-13(16)17-11)15(21)18(9-14(19)20)12-5-3-4-6-12/h7-8,12H,2-6,9H2,1H3,(H,19,20). The molecule has 1 fully saturated rings. The summed E-state index contributed by atoms with van der Waals surface area (Å²) >= 11 is 5.94. The van der Waals surface area contributed by atoms with Gasteiger partial charge in [-0.2, -0.15) is 0 Å². The van der Waals surface area contributed by atoms with Gasteiger partial charge in [0.2, 0.25) is 0 Å². The first-order chi connectivity index (χ1) is 10.0. The van der Waals surface area contributed by atoms with E-state index in [-0.39, 0.29) is 23.6 Å². The summed E-state index contributed by atoms with van der Waals surface area (Å²) in [5, 5.41) is 9.33. The van der Waals surface area contributed by atoms with Gasteiger partial charge in [-0.3, -0.25) is 9.59 Å². The Hall–Kier alpha value is -1.62. The molecule has 1 aliphatic rings. The molecule has 6 heteroatoms. The van der Waals surface area contributed by atoms with Crippen LogP contribution in [-0.2, 0) is 11.2 Å². The molecule has 0 unspecified atom stereocenters. The van der Waals surface area contributed by atoms with Gasteiger partial charge in [-0.25, -0.2) is 4.98 Å². The number of aliphatic carboxylic acids is 1. The third-order valence-electron chi connectivity index (χ3n) is 3.79. The van der Waals surface area contributed by atoms with E-state index in [9.17, 15) is 9.59 Å². The van der Waals surface area contributed by atoms with Crippen molar-refractivity contribution in [1.29, 1.82) is 0 Å².